The summed E-state index contributed by atoms with van der Waals surface area (Å²) in [5, 5.41) is 0. The summed E-state index contributed by atoms with van der Waals surface area (Å²) in [6.45, 7) is 5.50. The summed E-state index contributed by atoms with van der Waals surface area (Å²) in [7, 11) is -3.48. The second kappa shape index (κ2) is 6.77. The van der Waals surface area contributed by atoms with Crippen LogP contribution in [0.25, 0.3) is 0 Å². The van der Waals surface area contributed by atoms with Gasteiger partial charge in [-0.3, -0.25) is 0 Å². The summed E-state index contributed by atoms with van der Waals surface area (Å²) in [6, 6.07) is 6.49. The van der Waals surface area contributed by atoms with Crippen LogP contribution in [0.3, 0.4) is 0 Å². The molecule has 1 aromatic carbocycles. The van der Waals surface area contributed by atoms with Crippen molar-refractivity contribution < 1.29 is 13.2 Å². The number of rotatable bonds is 5. The van der Waals surface area contributed by atoms with Crippen LogP contribution < -0.4 is 10.5 Å². The fraction of sp³-hybridized carbons (Fsp3) is 0.600. The lowest BCUT2D eigenvalue weighted by atomic mass is 9.94. The molecule has 21 heavy (non-hydrogen) atoms. The third kappa shape index (κ3) is 3.56. The molecule has 1 aliphatic rings. The van der Waals surface area contributed by atoms with Crippen molar-refractivity contribution in [2.45, 2.75) is 37.6 Å². The average Bonchev–Trinajstić information content (AvgIpc) is 2.47. The molecular weight excluding hydrogens is 288 g/mol. The van der Waals surface area contributed by atoms with Gasteiger partial charge in [0.25, 0.3) is 0 Å². The third-order valence-corrected chi connectivity index (χ3v) is 5.90. The van der Waals surface area contributed by atoms with Gasteiger partial charge in [-0.25, -0.2) is 8.42 Å². The molecule has 1 aromatic rings. The number of sulfonamides is 1. The van der Waals surface area contributed by atoms with Gasteiger partial charge >= 0.3 is 0 Å². The molecule has 2 unspecified atom stereocenters. The van der Waals surface area contributed by atoms with Gasteiger partial charge in [0.15, 0.2) is 0 Å². The fourth-order valence-corrected chi connectivity index (χ4v) is 4.43. The molecule has 2 atom stereocenters. The average molecular weight is 312 g/mol. The molecule has 2 N–H and O–H groups in total. The molecule has 2 rings (SSSR count). The van der Waals surface area contributed by atoms with Crippen LogP contribution in [-0.2, 0) is 10.0 Å². The number of ether oxygens (including phenoxy) is 1. The van der Waals surface area contributed by atoms with Gasteiger partial charge in [0.1, 0.15) is 5.75 Å². The maximum absolute atomic E-state index is 12.8. The van der Waals surface area contributed by atoms with E-state index >= 15 is 0 Å². The highest BCUT2D eigenvalue weighted by molar-refractivity contribution is 7.89. The van der Waals surface area contributed by atoms with Crippen LogP contribution in [0.15, 0.2) is 29.2 Å². The van der Waals surface area contributed by atoms with Gasteiger partial charge < -0.3 is 10.5 Å². The Morgan fingerprint density at radius 3 is 2.57 bits per heavy atom. The van der Waals surface area contributed by atoms with Crippen molar-refractivity contribution >= 4 is 10.0 Å². The van der Waals surface area contributed by atoms with E-state index in [-0.39, 0.29) is 6.04 Å². The third-order valence-electron chi connectivity index (χ3n) is 3.94. The molecule has 0 amide bonds. The van der Waals surface area contributed by atoms with Crippen LogP contribution in [0, 0.1) is 5.92 Å². The van der Waals surface area contributed by atoms with Gasteiger partial charge in [-0.1, -0.05) is 6.92 Å². The van der Waals surface area contributed by atoms with Crippen molar-refractivity contribution in [3.8, 4) is 5.75 Å². The van der Waals surface area contributed by atoms with Gasteiger partial charge in [-0.05, 0) is 49.9 Å². The van der Waals surface area contributed by atoms with Crippen LogP contribution in [0.4, 0.5) is 0 Å². The highest BCUT2D eigenvalue weighted by atomic mass is 32.2. The predicted octanol–water partition coefficient (Wildman–Crippen LogP) is 1.83. The van der Waals surface area contributed by atoms with E-state index in [0.717, 1.165) is 12.8 Å². The van der Waals surface area contributed by atoms with Crippen LogP contribution in [0.2, 0.25) is 0 Å². The van der Waals surface area contributed by atoms with Crippen molar-refractivity contribution in [1.82, 2.24) is 4.31 Å². The second-order valence-electron chi connectivity index (χ2n) is 5.54. The van der Waals surface area contributed by atoms with Crippen molar-refractivity contribution in [3.63, 3.8) is 0 Å². The normalized spacial score (nSPS) is 24.0. The molecular formula is C15H24N2O3S. The molecule has 1 fully saturated rings. The molecule has 0 bridgehead atoms. The summed E-state index contributed by atoms with van der Waals surface area (Å²) >= 11 is 0. The Morgan fingerprint density at radius 1 is 1.33 bits per heavy atom. The Bertz CT molecular complexity index is 557. The molecule has 1 saturated heterocycles. The second-order valence-corrected chi connectivity index (χ2v) is 7.43. The van der Waals surface area contributed by atoms with E-state index < -0.39 is 10.0 Å². The van der Waals surface area contributed by atoms with E-state index in [1.807, 2.05) is 6.92 Å². The lowest BCUT2D eigenvalue weighted by Crippen LogP contribution is -2.49. The minimum Gasteiger partial charge on any atom is -0.494 e. The molecule has 1 heterocycles. The fourth-order valence-electron chi connectivity index (χ4n) is 2.77. The number of hydrogen-bond donors (Lipinski definition) is 1. The summed E-state index contributed by atoms with van der Waals surface area (Å²) in [5.74, 6) is 1.20. The topological polar surface area (TPSA) is 72.6 Å². The van der Waals surface area contributed by atoms with E-state index in [1.165, 1.54) is 0 Å². The summed E-state index contributed by atoms with van der Waals surface area (Å²) in [6.07, 6.45) is 1.71. The highest BCUT2D eigenvalue weighted by Gasteiger charge is 2.34. The van der Waals surface area contributed by atoms with Crippen LogP contribution in [-0.4, -0.2) is 38.5 Å². The zero-order valence-corrected chi connectivity index (χ0v) is 13.5. The van der Waals surface area contributed by atoms with E-state index in [1.54, 1.807) is 28.6 Å². The molecule has 0 radical (unpaired) electrons. The smallest absolute Gasteiger partial charge is 0.243 e. The van der Waals surface area contributed by atoms with Gasteiger partial charge in [0, 0.05) is 19.1 Å². The predicted molar refractivity (Wildman–Crippen MR) is 82.7 cm³/mol. The monoisotopic (exact) mass is 312 g/mol. The van der Waals surface area contributed by atoms with Gasteiger partial charge in [0.05, 0.1) is 11.5 Å². The van der Waals surface area contributed by atoms with Crippen molar-refractivity contribution in [2.24, 2.45) is 11.7 Å². The highest BCUT2D eigenvalue weighted by Crippen LogP contribution is 2.28. The Hall–Kier alpha value is -1.11. The molecule has 5 nitrogen and oxygen atoms in total. The van der Waals surface area contributed by atoms with Gasteiger partial charge in [-0.2, -0.15) is 4.31 Å². The number of nitrogens with two attached hydrogens (primary N) is 1. The molecule has 0 saturated carbocycles. The zero-order chi connectivity index (χ0) is 15.5. The van der Waals surface area contributed by atoms with E-state index in [4.69, 9.17) is 10.5 Å². The van der Waals surface area contributed by atoms with Crippen LogP contribution >= 0.6 is 0 Å². The first-order valence-corrected chi connectivity index (χ1v) is 8.87. The van der Waals surface area contributed by atoms with E-state index in [9.17, 15) is 8.42 Å². The van der Waals surface area contributed by atoms with Gasteiger partial charge in [-0.15, -0.1) is 0 Å². The largest absolute Gasteiger partial charge is 0.494 e. The molecule has 118 valence electrons. The van der Waals surface area contributed by atoms with E-state index in [0.29, 0.717) is 36.3 Å². The molecule has 1 aliphatic heterocycles. The first-order chi connectivity index (χ1) is 9.98. The summed E-state index contributed by atoms with van der Waals surface area (Å²) in [5.41, 5.74) is 5.77. The Labute approximate surface area is 127 Å². The quantitative estimate of drug-likeness (QED) is 0.900. The summed E-state index contributed by atoms with van der Waals surface area (Å²) < 4.78 is 32.4. The maximum atomic E-state index is 12.8. The molecule has 6 heteroatoms. The summed E-state index contributed by atoms with van der Waals surface area (Å²) in [4.78, 5) is 0.305. The van der Waals surface area contributed by atoms with Crippen molar-refractivity contribution in [1.29, 1.82) is 0 Å². The molecule has 0 aromatic heterocycles. The Morgan fingerprint density at radius 2 is 2.00 bits per heavy atom. The Balaban J connectivity index is 2.24. The maximum Gasteiger partial charge on any atom is 0.243 e. The lowest BCUT2D eigenvalue weighted by molar-refractivity contribution is 0.211. The Kier molecular flexibility index (Phi) is 5.24. The standard InChI is InChI=1S/C15H24N2O3S/c1-3-20-14-4-6-15(7-5-14)21(18,19)17-9-8-12(2)10-13(17)11-16/h4-7,12-13H,3,8-11,16H2,1-2H3. The number of nitrogens with zero attached hydrogens (tertiary/aromatic N) is 1. The number of benzene rings is 1. The van der Waals surface area contributed by atoms with Gasteiger partial charge in [0.2, 0.25) is 10.0 Å². The molecule has 0 aliphatic carbocycles. The van der Waals surface area contributed by atoms with Crippen molar-refractivity contribution in [2.75, 3.05) is 19.7 Å². The number of hydrogen-bond acceptors (Lipinski definition) is 4. The minimum atomic E-state index is -3.48. The minimum absolute atomic E-state index is 0.106. The molecule has 0 spiro atoms. The zero-order valence-electron chi connectivity index (χ0n) is 12.7. The number of piperidine rings is 1. The first kappa shape index (κ1) is 16.3. The van der Waals surface area contributed by atoms with Crippen molar-refractivity contribution in [3.05, 3.63) is 24.3 Å². The van der Waals surface area contributed by atoms with Crippen LogP contribution in [0.1, 0.15) is 26.7 Å². The first-order valence-electron chi connectivity index (χ1n) is 7.43. The van der Waals surface area contributed by atoms with Crippen LogP contribution in [0.5, 0.6) is 5.75 Å². The van der Waals surface area contributed by atoms with E-state index in [2.05, 4.69) is 6.92 Å². The SMILES string of the molecule is CCOc1ccc(S(=O)(=O)N2CCC(C)CC2CN)cc1. The lowest BCUT2D eigenvalue weighted by Gasteiger charge is -2.36.